The van der Waals surface area contributed by atoms with E-state index < -0.39 is 22.8 Å². The highest BCUT2D eigenvalue weighted by atomic mass is 127. The first-order valence-electron chi connectivity index (χ1n) is 2.95. The lowest BCUT2D eigenvalue weighted by atomic mass is 10.2. The highest BCUT2D eigenvalue weighted by Gasteiger charge is 2.18. The van der Waals surface area contributed by atoms with Crippen LogP contribution < -0.4 is 0 Å². The van der Waals surface area contributed by atoms with Crippen LogP contribution in [0, 0.1) is 9.39 Å². The Hall–Kier alpha value is 0.0300. The SMILES string of the molecule is Fc1ccc(I)c(C(F)F)c1Cl. The van der Waals surface area contributed by atoms with Crippen molar-refractivity contribution in [2.75, 3.05) is 0 Å². The van der Waals surface area contributed by atoms with Crippen LogP contribution in [-0.2, 0) is 0 Å². The third-order valence-electron chi connectivity index (χ3n) is 1.30. The second-order valence-electron chi connectivity index (χ2n) is 2.06. The van der Waals surface area contributed by atoms with Crippen molar-refractivity contribution in [1.29, 1.82) is 0 Å². The Labute approximate surface area is 85.9 Å². The molecule has 12 heavy (non-hydrogen) atoms. The summed E-state index contributed by atoms with van der Waals surface area (Å²) in [6, 6.07) is 2.33. The van der Waals surface area contributed by atoms with Crippen molar-refractivity contribution in [2.45, 2.75) is 6.43 Å². The summed E-state index contributed by atoms with van der Waals surface area (Å²) in [5.41, 5.74) is -0.433. The quantitative estimate of drug-likeness (QED) is 0.543. The van der Waals surface area contributed by atoms with Crippen LogP contribution >= 0.6 is 34.2 Å². The van der Waals surface area contributed by atoms with Crippen LogP contribution in [-0.4, -0.2) is 0 Å². The van der Waals surface area contributed by atoms with E-state index in [-0.39, 0.29) is 3.57 Å². The summed E-state index contributed by atoms with van der Waals surface area (Å²) in [5, 5.41) is -0.489. The van der Waals surface area contributed by atoms with E-state index in [1.807, 2.05) is 0 Å². The molecule has 0 saturated heterocycles. The smallest absolute Gasteiger partial charge is 0.205 e. The largest absolute Gasteiger partial charge is 0.266 e. The lowest BCUT2D eigenvalue weighted by Crippen LogP contribution is -1.93. The maximum absolute atomic E-state index is 12.7. The topological polar surface area (TPSA) is 0 Å². The molecule has 0 N–H and O–H groups in total. The van der Waals surface area contributed by atoms with Crippen molar-refractivity contribution in [2.24, 2.45) is 0 Å². The molecule has 0 amide bonds. The van der Waals surface area contributed by atoms with Crippen molar-refractivity contribution < 1.29 is 13.2 Å². The standard InChI is InChI=1S/C7H3ClF3I/c8-6-3(9)1-2-4(12)5(6)7(10)11/h1-2,7H. The van der Waals surface area contributed by atoms with Gasteiger partial charge in [-0.3, -0.25) is 0 Å². The third-order valence-corrected chi connectivity index (χ3v) is 2.62. The maximum Gasteiger partial charge on any atom is 0.266 e. The third kappa shape index (κ3) is 1.85. The Bertz CT molecular complexity index is 301. The van der Waals surface area contributed by atoms with Crippen LogP contribution in [0.1, 0.15) is 12.0 Å². The second-order valence-corrected chi connectivity index (χ2v) is 3.60. The predicted molar refractivity (Wildman–Crippen MR) is 49.1 cm³/mol. The van der Waals surface area contributed by atoms with Crippen LogP contribution in [0.25, 0.3) is 0 Å². The van der Waals surface area contributed by atoms with E-state index in [4.69, 9.17) is 11.6 Å². The van der Waals surface area contributed by atoms with Crippen LogP contribution in [0.4, 0.5) is 13.2 Å². The zero-order chi connectivity index (χ0) is 9.30. The van der Waals surface area contributed by atoms with Gasteiger partial charge < -0.3 is 0 Å². The fourth-order valence-corrected chi connectivity index (χ4v) is 1.83. The highest BCUT2D eigenvalue weighted by molar-refractivity contribution is 14.1. The summed E-state index contributed by atoms with van der Waals surface area (Å²) in [6.07, 6.45) is -2.74. The van der Waals surface area contributed by atoms with Crippen LogP contribution in [0.5, 0.6) is 0 Å². The minimum Gasteiger partial charge on any atom is -0.205 e. The Kier molecular flexibility index (Phi) is 3.22. The van der Waals surface area contributed by atoms with Gasteiger partial charge in [0.05, 0.1) is 10.6 Å². The van der Waals surface area contributed by atoms with E-state index >= 15 is 0 Å². The Balaban J connectivity index is 3.33. The van der Waals surface area contributed by atoms with Crippen molar-refractivity contribution >= 4 is 34.2 Å². The molecule has 0 aliphatic heterocycles. The summed E-state index contributed by atoms with van der Waals surface area (Å²) in [6.45, 7) is 0. The molecule has 1 rings (SSSR count). The first-order valence-corrected chi connectivity index (χ1v) is 4.41. The van der Waals surface area contributed by atoms with E-state index in [0.717, 1.165) is 6.07 Å². The molecule has 0 atom stereocenters. The van der Waals surface area contributed by atoms with Gasteiger partial charge in [-0.05, 0) is 34.7 Å². The van der Waals surface area contributed by atoms with Gasteiger partial charge in [-0.2, -0.15) is 0 Å². The summed E-state index contributed by atoms with van der Waals surface area (Å²) in [5.74, 6) is -0.813. The highest BCUT2D eigenvalue weighted by Crippen LogP contribution is 2.32. The van der Waals surface area contributed by atoms with Gasteiger partial charge >= 0.3 is 0 Å². The molecule has 0 aliphatic carbocycles. The van der Waals surface area contributed by atoms with Gasteiger partial charge in [0.2, 0.25) is 0 Å². The van der Waals surface area contributed by atoms with Crippen molar-refractivity contribution in [1.82, 2.24) is 0 Å². The summed E-state index contributed by atoms with van der Waals surface area (Å²) >= 11 is 7.02. The molecule has 1 aromatic carbocycles. The first-order chi connectivity index (χ1) is 5.54. The Morgan fingerprint density at radius 1 is 1.33 bits per heavy atom. The molecule has 0 unspecified atom stereocenters. The van der Waals surface area contributed by atoms with Gasteiger partial charge in [-0.1, -0.05) is 11.6 Å². The van der Waals surface area contributed by atoms with E-state index in [0.29, 0.717) is 0 Å². The monoisotopic (exact) mass is 306 g/mol. The van der Waals surface area contributed by atoms with Crippen molar-refractivity contribution in [3.05, 3.63) is 32.1 Å². The molecule has 1 aromatic rings. The van der Waals surface area contributed by atoms with E-state index in [2.05, 4.69) is 0 Å². The molecule has 0 fully saturated rings. The average Bonchev–Trinajstić information content (AvgIpc) is 1.97. The lowest BCUT2D eigenvalue weighted by molar-refractivity contribution is 0.150. The fourth-order valence-electron chi connectivity index (χ4n) is 0.743. The van der Waals surface area contributed by atoms with Gasteiger partial charge in [-0.25, -0.2) is 13.2 Å². The molecular weight excluding hydrogens is 303 g/mol. The number of rotatable bonds is 1. The molecule has 0 heterocycles. The molecule has 66 valence electrons. The lowest BCUT2D eigenvalue weighted by Gasteiger charge is -2.05. The zero-order valence-corrected chi connectivity index (χ0v) is 8.54. The first kappa shape index (κ1) is 10.1. The summed E-state index contributed by atoms with van der Waals surface area (Å²) in [4.78, 5) is 0. The van der Waals surface area contributed by atoms with E-state index in [1.54, 1.807) is 22.6 Å². The van der Waals surface area contributed by atoms with Gasteiger partial charge in [-0.15, -0.1) is 0 Å². The number of hydrogen-bond donors (Lipinski definition) is 0. The fraction of sp³-hybridized carbons (Fsp3) is 0.143. The molecule has 0 aromatic heterocycles. The number of benzene rings is 1. The number of halogens is 5. The minimum atomic E-state index is -2.74. The predicted octanol–water partition coefficient (Wildman–Crippen LogP) is 4.02. The van der Waals surface area contributed by atoms with Crippen LogP contribution in [0.3, 0.4) is 0 Å². The molecule has 0 bridgehead atoms. The normalized spacial score (nSPS) is 10.8. The van der Waals surface area contributed by atoms with E-state index in [1.165, 1.54) is 6.07 Å². The molecule has 0 spiro atoms. The molecule has 0 nitrogen and oxygen atoms in total. The molecule has 0 radical (unpaired) electrons. The summed E-state index contributed by atoms with van der Waals surface area (Å²) in [7, 11) is 0. The Morgan fingerprint density at radius 3 is 2.33 bits per heavy atom. The molecule has 5 heteroatoms. The van der Waals surface area contributed by atoms with Crippen molar-refractivity contribution in [3.8, 4) is 0 Å². The Morgan fingerprint density at radius 2 is 1.92 bits per heavy atom. The van der Waals surface area contributed by atoms with E-state index in [9.17, 15) is 13.2 Å². The zero-order valence-electron chi connectivity index (χ0n) is 5.62. The van der Waals surface area contributed by atoms with Crippen LogP contribution in [0.2, 0.25) is 5.02 Å². The van der Waals surface area contributed by atoms with Crippen LogP contribution in [0.15, 0.2) is 12.1 Å². The number of hydrogen-bond acceptors (Lipinski definition) is 0. The second kappa shape index (κ2) is 3.83. The van der Waals surface area contributed by atoms with Crippen molar-refractivity contribution in [3.63, 3.8) is 0 Å². The average molecular weight is 306 g/mol. The summed E-state index contributed by atoms with van der Waals surface area (Å²) < 4.78 is 37.3. The molecular formula is C7H3ClF3I. The molecule has 0 aliphatic rings. The molecule has 0 saturated carbocycles. The van der Waals surface area contributed by atoms with Gasteiger partial charge in [0.25, 0.3) is 6.43 Å². The maximum atomic E-state index is 12.7. The van der Waals surface area contributed by atoms with Gasteiger partial charge in [0.15, 0.2) is 0 Å². The minimum absolute atomic E-state index is 0.272. The van der Waals surface area contributed by atoms with Gasteiger partial charge in [0.1, 0.15) is 5.82 Å². The number of alkyl halides is 2. The van der Waals surface area contributed by atoms with Gasteiger partial charge in [0, 0.05) is 3.57 Å².